The fourth-order valence-corrected chi connectivity index (χ4v) is 4.53. The minimum absolute atomic E-state index is 0.0913. The number of nitrogens with one attached hydrogen (secondary N) is 1. The lowest BCUT2D eigenvalue weighted by Crippen LogP contribution is -2.34. The Hall–Kier alpha value is -1.83. The van der Waals surface area contributed by atoms with E-state index in [-0.39, 0.29) is 22.6 Å². The number of aliphatic hydroxyl groups is 1. The Labute approximate surface area is 151 Å². The molecule has 0 amide bonds. The molecular weight excluding hydrogens is 360 g/mol. The summed E-state index contributed by atoms with van der Waals surface area (Å²) in [7, 11) is -3.69. The fourth-order valence-electron chi connectivity index (χ4n) is 3.22. The molecule has 2 aromatic carbocycles. The van der Waals surface area contributed by atoms with Crippen molar-refractivity contribution >= 4 is 10.0 Å². The molecule has 2 N–H and O–H groups in total. The molecule has 0 spiro atoms. The molecule has 0 bridgehead atoms. The van der Waals surface area contributed by atoms with Crippen molar-refractivity contribution in [2.24, 2.45) is 0 Å². The summed E-state index contributed by atoms with van der Waals surface area (Å²) in [5.74, 6) is -1.36. The highest BCUT2D eigenvalue weighted by Crippen LogP contribution is 2.25. The largest absolute Gasteiger partial charge is 0.393 e. The molecule has 1 aliphatic rings. The predicted octanol–water partition coefficient (Wildman–Crippen LogP) is 3.60. The third-order valence-electron chi connectivity index (χ3n) is 4.67. The van der Waals surface area contributed by atoms with Crippen molar-refractivity contribution in [3.63, 3.8) is 0 Å². The number of hydrogen-bond acceptors (Lipinski definition) is 3. The summed E-state index contributed by atoms with van der Waals surface area (Å²) in [4.78, 5) is 0.0913. The van der Waals surface area contributed by atoms with Gasteiger partial charge >= 0.3 is 0 Å². The maximum Gasteiger partial charge on any atom is 0.240 e. The lowest BCUT2D eigenvalue weighted by molar-refractivity contribution is 0.157. The van der Waals surface area contributed by atoms with Crippen LogP contribution in [0.3, 0.4) is 0 Å². The van der Waals surface area contributed by atoms with Crippen LogP contribution in [0.25, 0.3) is 11.1 Å². The average molecular weight is 381 g/mol. The van der Waals surface area contributed by atoms with Crippen molar-refractivity contribution in [2.45, 2.75) is 49.1 Å². The Morgan fingerprint density at radius 1 is 0.962 bits per heavy atom. The van der Waals surface area contributed by atoms with Crippen LogP contribution in [0.15, 0.2) is 47.4 Å². The summed E-state index contributed by atoms with van der Waals surface area (Å²) in [6.45, 7) is 0. The second kappa shape index (κ2) is 7.82. The van der Waals surface area contributed by atoms with E-state index in [0.717, 1.165) is 18.6 Å². The highest BCUT2D eigenvalue weighted by atomic mass is 32.2. The van der Waals surface area contributed by atoms with Gasteiger partial charge in [0.15, 0.2) is 0 Å². The van der Waals surface area contributed by atoms with E-state index in [2.05, 4.69) is 4.72 Å². The smallest absolute Gasteiger partial charge is 0.240 e. The Morgan fingerprint density at radius 3 is 2.38 bits per heavy atom. The molecule has 0 heterocycles. The van der Waals surface area contributed by atoms with Crippen molar-refractivity contribution in [1.29, 1.82) is 0 Å². The molecule has 1 saturated carbocycles. The van der Waals surface area contributed by atoms with Crippen LogP contribution in [0, 0.1) is 11.6 Å². The van der Waals surface area contributed by atoms with Gasteiger partial charge in [0, 0.05) is 17.7 Å². The van der Waals surface area contributed by atoms with Crippen LogP contribution in [-0.4, -0.2) is 25.7 Å². The Kier molecular flexibility index (Phi) is 5.70. The van der Waals surface area contributed by atoms with Crippen molar-refractivity contribution in [2.75, 3.05) is 0 Å². The third-order valence-corrected chi connectivity index (χ3v) is 6.20. The molecule has 1 fully saturated rings. The molecule has 0 saturated heterocycles. The average Bonchev–Trinajstić information content (AvgIpc) is 2.79. The zero-order chi connectivity index (χ0) is 18.7. The van der Waals surface area contributed by atoms with Gasteiger partial charge in [-0.15, -0.1) is 0 Å². The van der Waals surface area contributed by atoms with E-state index >= 15 is 0 Å². The molecule has 4 nitrogen and oxygen atoms in total. The molecular formula is C19H21F2NO3S. The number of halogens is 2. The maximum absolute atomic E-state index is 13.9. The van der Waals surface area contributed by atoms with Gasteiger partial charge in [0.2, 0.25) is 10.0 Å². The summed E-state index contributed by atoms with van der Waals surface area (Å²) < 4.78 is 54.7. The van der Waals surface area contributed by atoms with E-state index in [4.69, 9.17) is 0 Å². The minimum atomic E-state index is -3.69. The van der Waals surface area contributed by atoms with E-state index in [9.17, 15) is 22.3 Å². The van der Waals surface area contributed by atoms with Gasteiger partial charge in [0.1, 0.15) is 11.6 Å². The lowest BCUT2D eigenvalue weighted by Gasteiger charge is -2.16. The van der Waals surface area contributed by atoms with Crippen molar-refractivity contribution in [3.8, 4) is 11.1 Å². The van der Waals surface area contributed by atoms with Crippen LogP contribution < -0.4 is 4.72 Å². The quantitative estimate of drug-likeness (QED) is 0.796. The summed E-state index contributed by atoms with van der Waals surface area (Å²) in [6.07, 6.45) is 2.96. The van der Waals surface area contributed by atoms with Crippen LogP contribution in [0.2, 0.25) is 0 Å². The lowest BCUT2D eigenvalue weighted by atomic mass is 10.1. The zero-order valence-electron chi connectivity index (χ0n) is 14.2. The van der Waals surface area contributed by atoms with Crippen LogP contribution >= 0.6 is 0 Å². The van der Waals surface area contributed by atoms with E-state index < -0.39 is 21.7 Å². The Bertz CT molecular complexity index is 869. The predicted molar refractivity (Wildman–Crippen MR) is 95.0 cm³/mol. The van der Waals surface area contributed by atoms with Crippen LogP contribution in [0.5, 0.6) is 0 Å². The molecule has 3 rings (SSSR count). The maximum atomic E-state index is 13.9. The van der Waals surface area contributed by atoms with Crippen molar-refractivity contribution in [1.82, 2.24) is 4.72 Å². The number of benzene rings is 2. The zero-order valence-corrected chi connectivity index (χ0v) is 15.0. The third kappa shape index (κ3) is 4.47. The first-order chi connectivity index (χ1) is 12.3. The summed E-state index contributed by atoms with van der Waals surface area (Å²) in [5.41, 5.74) is 0.681. The molecule has 0 aromatic heterocycles. The van der Waals surface area contributed by atoms with Crippen molar-refractivity contribution in [3.05, 3.63) is 54.1 Å². The standard InChI is InChI=1S/C19H21F2NO3S/c20-14-6-11-18(19(21)12-14)13-4-9-17(10-5-13)26(24,25)22-15-2-1-3-16(23)8-7-15/h4-6,9-12,15-16,22-23H,1-3,7-8H2. The monoisotopic (exact) mass is 381 g/mol. The van der Waals surface area contributed by atoms with Gasteiger partial charge in [-0.1, -0.05) is 12.1 Å². The normalized spacial score (nSPS) is 21.3. The topological polar surface area (TPSA) is 66.4 Å². The summed E-state index contributed by atoms with van der Waals surface area (Å²) in [6, 6.07) is 8.89. The van der Waals surface area contributed by atoms with Gasteiger partial charge in [-0.3, -0.25) is 0 Å². The molecule has 0 aliphatic heterocycles. The Balaban J connectivity index is 1.76. The molecule has 7 heteroatoms. The van der Waals surface area contributed by atoms with E-state index in [1.54, 1.807) is 0 Å². The Morgan fingerprint density at radius 2 is 1.69 bits per heavy atom. The van der Waals surface area contributed by atoms with Crippen LogP contribution in [-0.2, 0) is 10.0 Å². The van der Waals surface area contributed by atoms with E-state index in [0.29, 0.717) is 31.2 Å². The molecule has 1 aliphatic carbocycles. The van der Waals surface area contributed by atoms with Gasteiger partial charge in [-0.2, -0.15) is 0 Å². The first-order valence-electron chi connectivity index (χ1n) is 8.61. The molecule has 2 atom stereocenters. The summed E-state index contributed by atoms with van der Waals surface area (Å²) in [5, 5.41) is 9.67. The number of sulfonamides is 1. The second-order valence-corrected chi connectivity index (χ2v) is 8.34. The van der Waals surface area contributed by atoms with Crippen LogP contribution in [0.4, 0.5) is 8.78 Å². The van der Waals surface area contributed by atoms with Crippen LogP contribution in [0.1, 0.15) is 32.1 Å². The molecule has 2 aromatic rings. The van der Waals surface area contributed by atoms with Gasteiger partial charge in [0.05, 0.1) is 11.0 Å². The highest BCUT2D eigenvalue weighted by molar-refractivity contribution is 7.89. The van der Waals surface area contributed by atoms with E-state index in [1.165, 1.54) is 30.3 Å². The van der Waals surface area contributed by atoms with Gasteiger partial charge in [-0.25, -0.2) is 21.9 Å². The first kappa shape index (κ1) is 18.9. The molecule has 140 valence electrons. The molecule has 2 unspecified atom stereocenters. The van der Waals surface area contributed by atoms with Gasteiger partial charge in [0.25, 0.3) is 0 Å². The van der Waals surface area contributed by atoms with E-state index in [1.807, 2.05) is 0 Å². The number of hydrogen-bond donors (Lipinski definition) is 2. The first-order valence-corrected chi connectivity index (χ1v) is 10.1. The van der Waals surface area contributed by atoms with Crippen molar-refractivity contribution < 1.29 is 22.3 Å². The SMILES string of the molecule is O=S(=O)(NC1CCCC(O)CC1)c1ccc(-c2ccc(F)cc2F)cc1. The molecule has 0 radical (unpaired) electrons. The number of aliphatic hydroxyl groups excluding tert-OH is 1. The highest BCUT2D eigenvalue weighted by Gasteiger charge is 2.23. The minimum Gasteiger partial charge on any atom is -0.393 e. The fraction of sp³-hybridized carbons (Fsp3) is 0.368. The van der Waals surface area contributed by atoms with Gasteiger partial charge < -0.3 is 5.11 Å². The molecule has 26 heavy (non-hydrogen) atoms. The second-order valence-electron chi connectivity index (χ2n) is 6.63. The summed E-state index contributed by atoms with van der Waals surface area (Å²) >= 11 is 0. The van der Waals surface area contributed by atoms with Gasteiger partial charge in [-0.05, 0) is 61.9 Å². The number of rotatable bonds is 4.